The van der Waals surface area contributed by atoms with Gasteiger partial charge in [0.15, 0.2) is 0 Å². The quantitative estimate of drug-likeness (QED) is 0.406. The van der Waals surface area contributed by atoms with E-state index >= 15 is 0 Å². The van der Waals surface area contributed by atoms with Crippen LogP contribution >= 0.6 is 11.8 Å². The van der Waals surface area contributed by atoms with E-state index in [0.717, 1.165) is 4.68 Å². The molecule has 0 aromatic carbocycles. The van der Waals surface area contributed by atoms with E-state index in [1.807, 2.05) is 0 Å². The van der Waals surface area contributed by atoms with E-state index in [1.165, 1.54) is 30.1 Å². The highest BCUT2D eigenvalue weighted by molar-refractivity contribution is 7.98. The highest BCUT2D eigenvalue weighted by Crippen LogP contribution is 2.79. The van der Waals surface area contributed by atoms with Gasteiger partial charge >= 0.3 is 12.4 Å². The summed E-state index contributed by atoms with van der Waals surface area (Å²) in [5, 5.41) is 7.21. The number of halogens is 6. The molecule has 5 nitrogen and oxygen atoms in total. The van der Waals surface area contributed by atoms with E-state index in [2.05, 4.69) is 15.4 Å². The Labute approximate surface area is 189 Å². The van der Waals surface area contributed by atoms with Crippen molar-refractivity contribution in [1.82, 2.24) is 14.8 Å². The van der Waals surface area contributed by atoms with Crippen molar-refractivity contribution < 1.29 is 31.1 Å². The normalized spacial score (nSPS) is 26.5. The lowest BCUT2D eigenvalue weighted by Crippen LogP contribution is -2.69. The number of nitrogens with one attached hydrogen (secondary N) is 1. The summed E-state index contributed by atoms with van der Waals surface area (Å²) >= 11 is 1.31. The van der Waals surface area contributed by atoms with Crippen LogP contribution in [0.3, 0.4) is 0 Å². The maximum Gasteiger partial charge on any atom is 0.420 e. The van der Waals surface area contributed by atoms with Gasteiger partial charge in [-0.3, -0.25) is 9.48 Å². The topological polar surface area (TPSA) is 59.8 Å². The van der Waals surface area contributed by atoms with Crippen LogP contribution in [-0.2, 0) is 12.7 Å². The minimum atomic E-state index is -4.82. The molecule has 6 rings (SSSR count). The van der Waals surface area contributed by atoms with Crippen molar-refractivity contribution in [2.24, 2.45) is 10.8 Å². The molecular formula is C21H20F6N4OS. The van der Waals surface area contributed by atoms with Gasteiger partial charge in [0.1, 0.15) is 11.3 Å². The Morgan fingerprint density at radius 3 is 2.42 bits per heavy atom. The Hall–Kier alpha value is -2.24. The third-order valence-electron chi connectivity index (χ3n) is 6.87. The zero-order chi connectivity index (χ0) is 23.8. The molecular weight excluding hydrogens is 470 g/mol. The minimum Gasteiger partial charge on any atom is -0.321 e. The number of thioether (sulfide) groups is 1. The number of hydrogen-bond donors (Lipinski definition) is 1. The standard InChI is InChI=1S/C21H20F6N4OS/c1-33-13-6-12(4-5-28-13)29-17(32)16-14(20(22,23)24)15(11-2-3-11)30-31(16)10-18-7-19(8-18,9-18)21(25,26)27/h4-6,11H,2-3,7-10H2,1H3,(H,28,29,32). The van der Waals surface area contributed by atoms with Crippen molar-refractivity contribution in [3.05, 3.63) is 35.3 Å². The van der Waals surface area contributed by atoms with Crippen LogP contribution in [0.4, 0.5) is 32.0 Å². The number of nitrogens with zero attached hydrogens (tertiary/aromatic N) is 3. The van der Waals surface area contributed by atoms with Crippen LogP contribution < -0.4 is 5.32 Å². The van der Waals surface area contributed by atoms with Crippen molar-refractivity contribution in [3.8, 4) is 0 Å². The molecule has 1 amide bonds. The fourth-order valence-corrected chi connectivity index (χ4v) is 5.73. The lowest BCUT2D eigenvalue weighted by Gasteiger charge is -2.70. The van der Waals surface area contributed by atoms with Gasteiger partial charge in [0, 0.05) is 24.3 Å². The highest BCUT2D eigenvalue weighted by Gasteiger charge is 2.78. The Balaban J connectivity index is 1.49. The predicted octanol–water partition coefficient (Wildman–Crippen LogP) is 5.88. The van der Waals surface area contributed by atoms with Gasteiger partial charge in [0.05, 0.1) is 16.1 Å². The van der Waals surface area contributed by atoms with Crippen molar-refractivity contribution in [2.75, 3.05) is 11.6 Å². The second-order valence-corrected chi connectivity index (χ2v) is 10.2. The highest BCUT2D eigenvalue weighted by atomic mass is 32.2. The molecule has 33 heavy (non-hydrogen) atoms. The van der Waals surface area contributed by atoms with Gasteiger partial charge in [-0.15, -0.1) is 11.8 Å². The van der Waals surface area contributed by atoms with Crippen LogP contribution in [0.5, 0.6) is 0 Å². The maximum atomic E-state index is 14.1. The lowest BCUT2D eigenvalue weighted by molar-refractivity contribution is -0.366. The number of carbonyl (C=O) groups excluding carboxylic acids is 1. The van der Waals surface area contributed by atoms with Crippen molar-refractivity contribution in [1.29, 1.82) is 0 Å². The summed E-state index contributed by atoms with van der Waals surface area (Å²) in [5.41, 5.74) is -4.15. The Bertz CT molecular complexity index is 1100. The summed E-state index contributed by atoms with van der Waals surface area (Å²) in [4.78, 5) is 17.2. The molecule has 2 heterocycles. The smallest absolute Gasteiger partial charge is 0.321 e. The molecule has 4 fully saturated rings. The van der Waals surface area contributed by atoms with E-state index in [1.54, 1.807) is 6.26 Å². The van der Waals surface area contributed by atoms with E-state index in [9.17, 15) is 31.1 Å². The van der Waals surface area contributed by atoms with Gasteiger partial charge in [0.2, 0.25) is 0 Å². The average molecular weight is 490 g/mol. The average Bonchev–Trinajstić information content (AvgIpc) is 3.42. The van der Waals surface area contributed by atoms with Crippen LogP contribution in [0.15, 0.2) is 23.4 Å². The van der Waals surface area contributed by atoms with E-state index in [4.69, 9.17) is 0 Å². The van der Waals surface area contributed by atoms with Gasteiger partial charge in [-0.25, -0.2) is 4.98 Å². The van der Waals surface area contributed by atoms with Crippen molar-refractivity contribution in [2.45, 2.75) is 61.9 Å². The molecule has 0 unspecified atom stereocenters. The number of pyridine rings is 1. The molecule has 0 radical (unpaired) electrons. The SMILES string of the molecule is CSc1cc(NC(=O)c2c(C(F)(F)F)c(C3CC3)nn2CC23CC(C(F)(F)F)(C2)C3)ccn1. The molecule has 4 saturated carbocycles. The number of alkyl halides is 6. The van der Waals surface area contributed by atoms with Gasteiger partial charge in [-0.2, -0.15) is 31.4 Å². The summed E-state index contributed by atoms with van der Waals surface area (Å²) in [5.74, 6) is -1.38. The Morgan fingerprint density at radius 2 is 1.88 bits per heavy atom. The van der Waals surface area contributed by atoms with Crippen LogP contribution in [0.2, 0.25) is 0 Å². The molecule has 0 aliphatic heterocycles. The molecule has 4 aliphatic rings. The fourth-order valence-electron chi connectivity index (χ4n) is 5.32. The Morgan fingerprint density at radius 1 is 1.21 bits per heavy atom. The molecule has 2 aromatic rings. The lowest BCUT2D eigenvalue weighted by atomic mass is 9.35. The molecule has 4 aliphatic carbocycles. The van der Waals surface area contributed by atoms with Crippen LogP contribution in [0, 0.1) is 10.8 Å². The largest absolute Gasteiger partial charge is 0.420 e. The first kappa shape index (κ1) is 22.5. The molecule has 178 valence electrons. The zero-order valence-corrected chi connectivity index (χ0v) is 18.3. The second-order valence-electron chi connectivity index (χ2n) is 9.39. The van der Waals surface area contributed by atoms with Gasteiger partial charge < -0.3 is 5.32 Å². The maximum absolute atomic E-state index is 14.1. The summed E-state index contributed by atoms with van der Waals surface area (Å²) < 4.78 is 83.0. The molecule has 0 spiro atoms. The molecule has 12 heteroatoms. The third kappa shape index (κ3) is 3.70. The molecule has 2 aromatic heterocycles. The second kappa shape index (κ2) is 7.13. The van der Waals surface area contributed by atoms with Crippen molar-refractivity contribution >= 4 is 23.4 Å². The van der Waals surface area contributed by atoms with E-state index < -0.39 is 46.3 Å². The number of anilines is 1. The summed E-state index contributed by atoms with van der Waals surface area (Å²) in [6.45, 7) is -0.143. The van der Waals surface area contributed by atoms with E-state index in [0.29, 0.717) is 17.9 Å². The van der Waals surface area contributed by atoms with Crippen LogP contribution in [-0.4, -0.2) is 33.1 Å². The number of hydrogen-bond acceptors (Lipinski definition) is 4. The van der Waals surface area contributed by atoms with Crippen LogP contribution in [0.25, 0.3) is 0 Å². The molecule has 2 bridgehead atoms. The summed E-state index contributed by atoms with van der Waals surface area (Å²) in [6, 6.07) is 2.99. The molecule has 0 saturated heterocycles. The Kier molecular flexibility index (Phi) is 4.87. The predicted molar refractivity (Wildman–Crippen MR) is 108 cm³/mol. The minimum absolute atomic E-state index is 0.143. The first-order valence-electron chi connectivity index (χ1n) is 10.4. The van der Waals surface area contributed by atoms with Crippen molar-refractivity contribution in [3.63, 3.8) is 0 Å². The number of rotatable bonds is 6. The zero-order valence-electron chi connectivity index (χ0n) is 17.5. The summed E-state index contributed by atoms with van der Waals surface area (Å²) in [6.07, 6.45) is -5.33. The molecule has 1 N–H and O–H groups in total. The monoisotopic (exact) mass is 490 g/mol. The first-order chi connectivity index (χ1) is 15.4. The molecule has 0 atom stereocenters. The summed E-state index contributed by atoms with van der Waals surface area (Å²) in [7, 11) is 0. The van der Waals surface area contributed by atoms with Gasteiger partial charge in [-0.05, 0) is 55.9 Å². The van der Waals surface area contributed by atoms with Crippen LogP contribution in [0.1, 0.15) is 59.8 Å². The first-order valence-corrected chi connectivity index (χ1v) is 11.6. The van der Waals surface area contributed by atoms with Gasteiger partial charge in [-0.1, -0.05) is 0 Å². The number of amides is 1. The van der Waals surface area contributed by atoms with Gasteiger partial charge in [0.25, 0.3) is 5.91 Å². The third-order valence-corrected chi connectivity index (χ3v) is 7.51. The number of carbonyl (C=O) groups is 1. The fraction of sp³-hybridized carbons (Fsp3) is 0.571. The van der Waals surface area contributed by atoms with E-state index in [-0.39, 0.29) is 37.2 Å². The number of aromatic nitrogens is 3.